The standard InChI is InChI=1S/C18H19ClF2N6/c1-3-18(20,21)10-27-16(9-23-7-11(2)26-22)25-15-8-24-14-5-4-12(19)6-13(14)17(15)27/h4-8H,3,9-10,22H2,1-2H3. The van der Waals surface area contributed by atoms with Gasteiger partial charge in [-0.25, -0.2) is 13.8 Å². The van der Waals surface area contributed by atoms with Crippen molar-refractivity contribution in [2.24, 2.45) is 15.9 Å². The first-order valence-electron chi connectivity index (χ1n) is 8.40. The summed E-state index contributed by atoms with van der Waals surface area (Å²) >= 11 is 6.12. The molecule has 0 aliphatic carbocycles. The number of rotatable bonds is 6. The highest BCUT2D eigenvalue weighted by molar-refractivity contribution is 6.31. The number of nitrogens with two attached hydrogens (primary N) is 1. The molecule has 0 aliphatic rings. The first kappa shape index (κ1) is 19.2. The van der Waals surface area contributed by atoms with Crippen LogP contribution in [0.5, 0.6) is 0 Å². The molecule has 0 fully saturated rings. The highest BCUT2D eigenvalue weighted by Crippen LogP contribution is 2.30. The van der Waals surface area contributed by atoms with Crippen LogP contribution < -0.4 is 5.84 Å². The Morgan fingerprint density at radius 3 is 2.85 bits per heavy atom. The Bertz CT molecular complexity index is 1040. The molecule has 0 aliphatic heterocycles. The van der Waals surface area contributed by atoms with Crippen molar-refractivity contribution in [2.45, 2.75) is 39.3 Å². The second-order valence-corrected chi connectivity index (χ2v) is 6.65. The molecule has 142 valence electrons. The number of hydrazone groups is 1. The smallest absolute Gasteiger partial charge is 0.265 e. The van der Waals surface area contributed by atoms with Crippen molar-refractivity contribution in [3.8, 4) is 0 Å². The first-order valence-corrected chi connectivity index (χ1v) is 8.78. The van der Waals surface area contributed by atoms with Crippen molar-refractivity contribution in [3.63, 3.8) is 0 Å². The number of fused-ring (bicyclic) bond motifs is 3. The van der Waals surface area contributed by atoms with Gasteiger partial charge in [0.15, 0.2) is 0 Å². The van der Waals surface area contributed by atoms with Crippen LogP contribution in [0.25, 0.3) is 21.9 Å². The number of aromatic nitrogens is 3. The average molecular weight is 393 g/mol. The van der Waals surface area contributed by atoms with Crippen molar-refractivity contribution < 1.29 is 8.78 Å². The van der Waals surface area contributed by atoms with Crippen LogP contribution in [-0.4, -0.2) is 32.4 Å². The van der Waals surface area contributed by atoms with Gasteiger partial charge in [-0.05, 0) is 25.1 Å². The van der Waals surface area contributed by atoms with E-state index in [1.807, 2.05) is 0 Å². The summed E-state index contributed by atoms with van der Waals surface area (Å²) in [5.74, 6) is 2.71. The molecular weight excluding hydrogens is 374 g/mol. The Hall–Kier alpha value is -2.61. The normalized spacial score (nSPS) is 13.3. The number of nitrogens with zero attached hydrogens (tertiary/aromatic N) is 5. The molecule has 2 aromatic heterocycles. The zero-order valence-corrected chi connectivity index (χ0v) is 15.7. The third kappa shape index (κ3) is 4.05. The van der Waals surface area contributed by atoms with Gasteiger partial charge in [-0.3, -0.25) is 9.98 Å². The van der Waals surface area contributed by atoms with E-state index in [-0.39, 0.29) is 13.0 Å². The van der Waals surface area contributed by atoms with Crippen LogP contribution in [0.15, 0.2) is 34.5 Å². The topological polar surface area (TPSA) is 81.5 Å². The molecule has 9 heteroatoms. The van der Waals surface area contributed by atoms with E-state index in [1.165, 1.54) is 17.7 Å². The molecule has 0 atom stereocenters. The summed E-state index contributed by atoms with van der Waals surface area (Å²) in [5.41, 5.74) is 2.28. The van der Waals surface area contributed by atoms with Crippen LogP contribution in [0.3, 0.4) is 0 Å². The molecule has 3 rings (SSSR count). The zero-order valence-electron chi connectivity index (χ0n) is 15.0. The number of hydrogen-bond acceptors (Lipinski definition) is 5. The van der Waals surface area contributed by atoms with E-state index in [2.05, 4.69) is 20.1 Å². The molecule has 0 saturated carbocycles. The van der Waals surface area contributed by atoms with E-state index in [9.17, 15) is 8.78 Å². The van der Waals surface area contributed by atoms with Gasteiger partial charge in [0.2, 0.25) is 0 Å². The Labute approximate surface area is 159 Å². The lowest BCUT2D eigenvalue weighted by Gasteiger charge is -2.17. The average Bonchev–Trinajstić information content (AvgIpc) is 2.98. The lowest BCUT2D eigenvalue weighted by molar-refractivity contribution is -0.0194. The van der Waals surface area contributed by atoms with Gasteiger partial charge in [0.1, 0.15) is 11.3 Å². The van der Waals surface area contributed by atoms with Gasteiger partial charge in [0, 0.05) is 23.0 Å². The van der Waals surface area contributed by atoms with E-state index < -0.39 is 12.5 Å². The van der Waals surface area contributed by atoms with Gasteiger partial charge < -0.3 is 10.4 Å². The quantitative estimate of drug-likeness (QED) is 0.388. The summed E-state index contributed by atoms with van der Waals surface area (Å²) in [4.78, 5) is 13.0. The fourth-order valence-electron chi connectivity index (χ4n) is 2.76. The van der Waals surface area contributed by atoms with Gasteiger partial charge in [-0.1, -0.05) is 18.5 Å². The Kier molecular flexibility index (Phi) is 5.36. The molecular formula is C18H19ClF2N6. The first-order chi connectivity index (χ1) is 12.8. The minimum absolute atomic E-state index is 0.114. The van der Waals surface area contributed by atoms with Crippen LogP contribution in [0, 0.1) is 0 Å². The molecule has 2 heterocycles. The third-order valence-electron chi connectivity index (χ3n) is 4.23. The van der Waals surface area contributed by atoms with E-state index in [0.717, 1.165) is 0 Å². The number of alkyl halides is 2. The van der Waals surface area contributed by atoms with Crippen molar-refractivity contribution in [2.75, 3.05) is 0 Å². The Morgan fingerprint density at radius 2 is 2.15 bits per heavy atom. The highest BCUT2D eigenvalue weighted by Gasteiger charge is 2.29. The maximum absolute atomic E-state index is 14.2. The summed E-state index contributed by atoms with van der Waals surface area (Å²) in [6.45, 7) is 2.76. The van der Waals surface area contributed by atoms with Crippen molar-refractivity contribution in [1.29, 1.82) is 0 Å². The minimum Gasteiger partial charge on any atom is -0.323 e. The van der Waals surface area contributed by atoms with E-state index >= 15 is 0 Å². The fraction of sp³-hybridized carbons (Fsp3) is 0.333. The van der Waals surface area contributed by atoms with Crippen molar-refractivity contribution in [1.82, 2.24) is 14.5 Å². The van der Waals surface area contributed by atoms with Gasteiger partial charge in [-0.2, -0.15) is 5.10 Å². The van der Waals surface area contributed by atoms with E-state index in [1.54, 1.807) is 31.3 Å². The van der Waals surface area contributed by atoms with E-state index in [4.69, 9.17) is 17.4 Å². The Balaban J connectivity index is 2.20. The number of benzene rings is 1. The predicted molar refractivity (Wildman–Crippen MR) is 105 cm³/mol. The van der Waals surface area contributed by atoms with Gasteiger partial charge >= 0.3 is 0 Å². The van der Waals surface area contributed by atoms with Crippen LogP contribution in [-0.2, 0) is 13.1 Å². The molecule has 1 aromatic carbocycles. The number of imidazole rings is 1. The van der Waals surface area contributed by atoms with Crippen molar-refractivity contribution >= 4 is 45.5 Å². The zero-order chi connectivity index (χ0) is 19.6. The molecule has 6 nitrogen and oxygen atoms in total. The summed E-state index contributed by atoms with van der Waals surface area (Å²) in [5, 5.41) is 4.68. The number of pyridine rings is 1. The van der Waals surface area contributed by atoms with Gasteiger partial charge in [0.05, 0.1) is 36.0 Å². The Morgan fingerprint density at radius 1 is 1.37 bits per heavy atom. The largest absolute Gasteiger partial charge is 0.323 e. The summed E-state index contributed by atoms with van der Waals surface area (Å²) in [7, 11) is 0. The summed E-state index contributed by atoms with van der Waals surface area (Å²) < 4.78 is 30.0. The molecule has 0 bridgehead atoms. The monoisotopic (exact) mass is 392 g/mol. The van der Waals surface area contributed by atoms with Crippen LogP contribution in [0.1, 0.15) is 26.1 Å². The summed E-state index contributed by atoms with van der Waals surface area (Å²) in [6.07, 6.45) is 2.78. The number of halogens is 3. The van der Waals surface area contributed by atoms with Gasteiger partial charge in [0.25, 0.3) is 5.92 Å². The fourth-order valence-corrected chi connectivity index (χ4v) is 2.93. The molecule has 0 spiro atoms. The molecule has 0 saturated heterocycles. The van der Waals surface area contributed by atoms with Crippen LogP contribution in [0.4, 0.5) is 8.78 Å². The molecule has 0 radical (unpaired) electrons. The number of hydrogen-bond donors (Lipinski definition) is 1. The van der Waals surface area contributed by atoms with Crippen LogP contribution in [0.2, 0.25) is 5.02 Å². The second-order valence-electron chi connectivity index (χ2n) is 6.22. The maximum atomic E-state index is 14.2. The van der Waals surface area contributed by atoms with Crippen molar-refractivity contribution in [3.05, 3.63) is 35.2 Å². The molecule has 0 unspecified atom stereocenters. The third-order valence-corrected chi connectivity index (χ3v) is 4.47. The lowest BCUT2D eigenvalue weighted by Crippen LogP contribution is -2.24. The second kappa shape index (κ2) is 7.56. The minimum atomic E-state index is -2.88. The molecule has 2 N–H and O–H groups in total. The van der Waals surface area contributed by atoms with Gasteiger partial charge in [-0.15, -0.1) is 0 Å². The highest BCUT2D eigenvalue weighted by atomic mass is 35.5. The summed E-state index contributed by atoms with van der Waals surface area (Å²) in [6, 6.07) is 5.18. The van der Waals surface area contributed by atoms with Crippen LogP contribution >= 0.6 is 11.6 Å². The SMILES string of the molecule is CCC(F)(F)Cn1c(CN=CC(C)=NN)nc2cnc3ccc(Cl)cc3c21. The van der Waals surface area contributed by atoms with E-state index in [0.29, 0.717) is 38.5 Å². The molecule has 3 aromatic rings. The predicted octanol–water partition coefficient (Wildman–Crippen LogP) is 4.19. The maximum Gasteiger partial charge on any atom is 0.265 e. The molecule has 27 heavy (non-hydrogen) atoms. The number of aliphatic imine (C=N–C) groups is 1. The lowest BCUT2D eigenvalue weighted by atomic mass is 10.2. The molecule has 0 amide bonds.